The minimum Gasteiger partial charge on any atom is -0.459 e. The van der Waals surface area contributed by atoms with E-state index in [1.165, 1.54) is 0 Å². The van der Waals surface area contributed by atoms with Crippen LogP contribution in [0, 0.1) is 17.8 Å². The van der Waals surface area contributed by atoms with Crippen molar-refractivity contribution in [2.45, 2.75) is 64.9 Å². The first-order valence-corrected chi connectivity index (χ1v) is 7.49. The van der Waals surface area contributed by atoms with E-state index in [2.05, 4.69) is 32.9 Å². The van der Waals surface area contributed by atoms with Gasteiger partial charge < -0.3 is 4.74 Å². The number of unbranched alkanes of at least 4 members (excludes halogenated alkanes) is 1. The molecule has 0 saturated heterocycles. The zero-order valence-electron chi connectivity index (χ0n) is 11.9. The Balaban J connectivity index is 1.91. The van der Waals surface area contributed by atoms with Crippen molar-refractivity contribution in [2.24, 2.45) is 17.8 Å². The molecule has 4 atom stereocenters. The summed E-state index contributed by atoms with van der Waals surface area (Å²) in [6.45, 7) is 6.38. The van der Waals surface area contributed by atoms with Gasteiger partial charge in [-0.25, -0.2) is 0 Å². The van der Waals surface area contributed by atoms with Gasteiger partial charge in [0.2, 0.25) is 0 Å². The fourth-order valence-electron chi connectivity index (χ4n) is 3.22. The third kappa shape index (κ3) is 2.78. The van der Waals surface area contributed by atoms with Crippen molar-refractivity contribution in [2.75, 3.05) is 0 Å². The van der Waals surface area contributed by atoms with Crippen molar-refractivity contribution in [1.29, 1.82) is 0 Å². The van der Waals surface area contributed by atoms with Crippen LogP contribution in [-0.2, 0) is 9.53 Å². The number of fused-ring (bicyclic) bond motifs is 2. The van der Waals surface area contributed by atoms with Crippen LogP contribution in [0.15, 0.2) is 12.2 Å². The van der Waals surface area contributed by atoms with E-state index < -0.39 is 0 Å². The van der Waals surface area contributed by atoms with E-state index in [0.717, 1.165) is 38.5 Å². The summed E-state index contributed by atoms with van der Waals surface area (Å²) in [6, 6.07) is 0. The number of hydrogen-bond acceptors (Lipinski definition) is 2. The molecule has 1 fully saturated rings. The van der Waals surface area contributed by atoms with E-state index in [1.807, 2.05) is 0 Å². The quantitative estimate of drug-likeness (QED) is 0.524. The lowest BCUT2D eigenvalue weighted by molar-refractivity contribution is -0.165. The van der Waals surface area contributed by atoms with Gasteiger partial charge in [0.15, 0.2) is 0 Å². The Morgan fingerprint density at radius 3 is 2.61 bits per heavy atom. The van der Waals surface area contributed by atoms with E-state index in [0.29, 0.717) is 11.8 Å². The fraction of sp³-hybridized carbons (Fsp3) is 0.812. The largest absolute Gasteiger partial charge is 0.459 e. The Hall–Kier alpha value is -0.790. The number of hydrogen-bond donors (Lipinski definition) is 0. The standard InChI is InChI=1S/C16H26O2/c1-4-6-9-16(3,5-2)18-15(17)14-11-12-7-8-13(14)10-12/h7-8,12-14H,4-6,9-11H2,1-3H3. The molecule has 2 rings (SSSR count). The first-order chi connectivity index (χ1) is 8.58. The van der Waals surface area contributed by atoms with Crippen LogP contribution in [0.1, 0.15) is 59.3 Å². The van der Waals surface area contributed by atoms with Gasteiger partial charge >= 0.3 is 5.97 Å². The lowest BCUT2D eigenvalue weighted by Crippen LogP contribution is -2.35. The second-order valence-corrected chi connectivity index (χ2v) is 6.21. The summed E-state index contributed by atoms with van der Waals surface area (Å²) in [4.78, 5) is 12.3. The lowest BCUT2D eigenvalue weighted by Gasteiger charge is -2.31. The third-order valence-corrected chi connectivity index (χ3v) is 4.74. The zero-order valence-corrected chi connectivity index (χ0v) is 11.9. The van der Waals surface area contributed by atoms with Crippen LogP contribution in [0.3, 0.4) is 0 Å². The highest BCUT2D eigenvalue weighted by Gasteiger charge is 2.42. The number of carbonyl (C=O) groups excluding carboxylic acids is 1. The number of carbonyl (C=O) groups is 1. The van der Waals surface area contributed by atoms with Gasteiger partial charge in [-0.05, 0) is 50.9 Å². The van der Waals surface area contributed by atoms with Crippen molar-refractivity contribution in [3.05, 3.63) is 12.2 Å². The van der Waals surface area contributed by atoms with Crippen LogP contribution in [0.25, 0.3) is 0 Å². The van der Waals surface area contributed by atoms with E-state index >= 15 is 0 Å². The summed E-state index contributed by atoms with van der Waals surface area (Å²) in [5, 5.41) is 0. The highest BCUT2D eigenvalue weighted by molar-refractivity contribution is 5.74. The molecular weight excluding hydrogens is 224 g/mol. The summed E-state index contributed by atoms with van der Waals surface area (Å²) in [5.74, 6) is 1.27. The molecule has 0 amide bonds. The van der Waals surface area contributed by atoms with Crippen LogP contribution in [-0.4, -0.2) is 11.6 Å². The average molecular weight is 250 g/mol. The van der Waals surface area contributed by atoms with Crippen molar-refractivity contribution in [3.8, 4) is 0 Å². The molecule has 0 N–H and O–H groups in total. The topological polar surface area (TPSA) is 26.3 Å². The third-order valence-electron chi connectivity index (χ3n) is 4.74. The van der Waals surface area contributed by atoms with E-state index in [1.54, 1.807) is 0 Å². The Labute approximate surface area is 111 Å². The van der Waals surface area contributed by atoms with Crippen molar-refractivity contribution in [3.63, 3.8) is 0 Å². The maximum atomic E-state index is 12.3. The van der Waals surface area contributed by atoms with Crippen LogP contribution in [0.2, 0.25) is 0 Å². The summed E-state index contributed by atoms with van der Waals surface area (Å²) in [6.07, 6.45) is 10.8. The maximum Gasteiger partial charge on any atom is 0.310 e. The Kier molecular flexibility index (Phi) is 4.14. The van der Waals surface area contributed by atoms with Crippen LogP contribution in [0.4, 0.5) is 0 Å². The molecule has 18 heavy (non-hydrogen) atoms. The van der Waals surface area contributed by atoms with Gasteiger partial charge in [0, 0.05) is 0 Å². The molecule has 0 radical (unpaired) electrons. The van der Waals surface area contributed by atoms with E-state index in [-0.39, 0.29) is 17.5 Å². The minimum atomic E-state index is -0.251. The summed E-state index contributed by atoms with van der Waals surface area (Å²) >= 11 is 0. The van der Waals surface area contributed by atoms with Gasteiger partial charge in [0.05, 0.1) is 5.92 Å². The molecular formula is C16H26O2. The Morgan fingerprint density at radius 2 is 2.11 bits per heavy atom. The van der Waals surface area contributed by atoms with Crippen LogP contribution < -0.4 is 0 Å². The fourth-order valence-corrected chi connectivity index (χ4v) is 3.22. The monoisotopic (exact) mass is 250 g/mol. The minimum absolute atomic E-state index is 0.0484. The number of ether oxygens (including phenoxy) is 1. The van der Waals surface area contributed by atoms with Gasteiger partial charge in [-0.15, -0.1) is 0 Å². The van der Waals surface area contributed by atoms with Gasteiger partial charge in [0.1, 0.15) is 5.60 Å². The molecule has 0 aromatic rings. The molecule has 2 nitrogen and oxygen atoms in total. The smallest absolute Gasteiger partial charge is 0.310 e. The Morgan fingerprint density at radius 1 is 1.33 bits per heavy atom. The predicted molar refractivity (Wildman–Crippen MR) is 73.2 cm³/mol. The van der Waals surface area contributed by atoms with Gasteiger partial charge in [-0.2, -0.15) is 0 Å². The number of esters is 1. The molecule has 102 valence electrons. The van der Waals surface area contributed by atoms with E-state index in [4.69, 9.17) is 4.74 Å². The molecule has 0 heterocycles. The molecule has 2 aliphatic carbocycles. The highest BCUT2D eigenvalue weighted by atomic mass is 16.6. The summed E-state index contributed by atoms with van der Waals surface area (Å²) in [7, 11) is 0. The highest BCUT2D eigenvalue weighted by Crippen LogP contribution is 2.44. The van der Waals surface area contributed by atoms with E-state index in [9.17, 15) is 4.79 Å². The normalized spacial score (nSPS) is 32.5. The van der Waals surface area contributed by atoms with Crippen LogP contribution >= 0.6 is 0 Å². The average Bonchev–Trinajstić information content (AvgIpc) is 2.98. The van der Waals surface area contributed by atoms with Crippen LogP contribution in [0.5, 0.6) is 0 Å². The second-order valence-electron chi connectivity index (χ2n) is 6.21. The molecule has 0 aliphatic heterocycles. The number of rotatable bonds is 6. The molecule has 4 unspecified atom stereocenters. The molecule has 2 aliphatic rings. The lowest BCUT2D eigenvalue weighted by atomic mass is 9.92. The second kappa shape index (κ2) is 5.46. The SMILES string of the molecule is CCCCC(C)(CC)OC(=O)C1CC2C=CC1C2. The molecule has 2 bridgehead atoms. The summed E-state index contributed by atoms with van der Waals surface area (Å²) in [5.41, 5.74) is -0.251. The predicted octanol–water partition coefficient (Wildman–Crippen LogP) is 4.10. The van der Waals surface area contributed by atoms with Crippen molar-refractivity contribution < 1.29 is 9.53 Å². The van der Waals surface area contributed by atoms with Gasteiger partial charge in [-0.1, -0.05) is 32.4 Å². The van der Waals surface area contributed by atoms with Crippen molar-refractivity contribution >= 4 is 5.97 Å². The van der Waals surface area contributed by atoms with Gasteiger partial charge in [-0.3, -0.25) is 4.79 Å². The summed E-state index contributed by atoms with van der Waals surface area (Å²) < 4.78 is 5.85. The molecule has 0 spiro atoms. The first kappa shape index (κ1) is 13.6. The zero-order chi connectivity index (χ0) is 13.2. The molecule has 2 heteroatoms. The molecule has 0 aromatic heterocycles. The van der Waals surface area contributed by atoms with Crippen molar-refractivity contribution in [1.82, 2.24) is 0 Å². The number of allylic oxidation sites excluding steroid dienone is 2. The first-order valence-electron chi connectivity index (χ1n) is 7.49. The Bertz CT molecular complexity index is 334. The molecule has 0 aromatic carbocycles. The van der Waals surface area contributed by atoms with Gasteiger partial charge in [0.25, 0.3) is 0 Å². The molecule has 1 saturated carbocycles. The maximum absolute atomic E-state index is 12.3.